The predicted octanol–water partition coefficient (Wildman–Crippen LogP) is 4.14. The molecule has 0 amide bonds. The Morgan fingerprint density at radius 3 is 2.58 bits per heavy atom. The molecule has 2 aromatic heterocycles. The van der Waals surface area contributed by atoms with Gasteiger partial charge in [-0.05, 0) is 29.1 Å². The van der Waals surface area contributed by atoms with E-state index in [-0.39, 0.29) is 5.82 Å². The Bertz CT molecular complexity index is 672. The highest BCUT2D eigenvalue weighted by atomic mass is 32.1. The minimum absolute atomic E-state index is 0.231. The van der Waals surface area contributed by atoms with E-state index in [4.69, 9.17) is 5.73 Å². The van der Waals surface area contributed by atoms with Gasteiger partial charge in [-0.3, -0.25) is 0 Å². The molecule has 0 radical (unpaired) electrons. The molecular weight excluding hydrogens is 279 g/mol. The van der Waals surface area contributed by atoms with Gasteiger partial charge in [0.25, 0.3) is 0 Å². The molecule has 0 spiro atoms. The molecule has 0 aliphatic heterocycles. The van der Waals surface area contributed by atoms with Crippen LogP contribution in [-0.4, -0.2) is 4.98 Å². The fourth-order valence-corrected chi connectivity index (χ4v) is 3.58. The minimum Gasteiger partial charge on any atom is -0.325 e. The normalized spacial score (nSPS) is 10.8. The van der Waals surface area contributed by atoms with Crippen LogP contribution >= 0.6 is 22.7 Å². The van der Waals surface area contributed by atoms with Gasteiger partial charge in [0.1, 0.15) is 10.8 Å². The Balaban J connectivity index is 2.14. The Hall–Kier alpha value is -1.56. The van der Waals surface area contributed by atoms with Crippen molar-refractivity contribution in [2.24, 2.45) is 5.73 Å². The lowest BCUT2D eigenvalue weighted by molar-refractivity contribution is 0.628. The Kier molecular flexibility index (Phi) is 3.42. The van der Waals surface area contributed by atoms with Crippen molar-refractivity contribution in [3.05, 3.63) is 52.6 Å². The van der Waals surface area contributed by atoms with E-state index in [0.717, 1.165) is 26.0 Å². The van der Waals surface area contributed by atoms with E-state index in [2.05, 4.69) is 4.98 Å². The lowest BCUT2D eigenvalue weighted by atomic mass is 10.1. The maximum absolute atomic E-state index is 13.0. The second-order valence-corrected chi connectivity index (χ2v) is 6.00. The van der Waals surface area contributed by atoms with E-state index >= 15 is 0 Å². The maximum atomic E-state index is 13.0. The molecule has 0 aliphatic rings. The first-order valence-electron chi connectivity index (χ1n) is 5.77. The molecule has 0 unspecified atom stereocenters. The van der Waals surface area contributed by atoms with Crippen LogP contribution in [0.25, 0.3) is 21.0 Å². The summed E-state index contributed by atoms with van der Waals surface area (Å²) in [6.07, 6.45) is 0. The third kappa shape index (κ3) is 2.45. The topological polar surface area (TPSA) is 38.9 Å². The summed E-state index contributed by atoms with van der Waals surface area (Å²) in [6.45, 7) is 0.421. The van der Waals surface area contributed by atoms with Gasteiger partial charge < -0.3 is 5.73 Å². The van der Waals surface area contributed by atoms with Crippen LogP contribution in [0.1, 0.15) is 5.01 Å². The molecule has 5 heteroatoms. The molecule has 0 aliphatic carbocycles. The van der Waals surface area contributed by atoms with Gasteiger partial charge in [-0.25, -0.2) is 9.37 Å². The fraction of sp³-hybridized carbons (Fsp3) is 0.0714. The van der Waals surface area contributed by atoms with E-state index in [1.165, 1.54) is 12.1 Å². The molecular formula is C14H11FN2S2. The first kappa shape index (κ1) is 12.5. The van der Waals surface area contributed by atoms with E-state index in [9.17, 15) is 4.39 Å². The summed E-state index contributed by atoms with van der Waals surface area (Å²) in [5.74, 6) is -0.231. The molecule has 2 N–H and O–H groups in total. The van der Waals surface area contributed by atoms with Crippen LogP contribution in [0.2, 0.25) is 0 Å². The predicted molar refractivity (Wildman–Crippen MR) is 78.7 cm³/mol. The number of nitrogens with zero attached hydrogens (tertiary/aromatic N) is 1. The number of halogens is 1. The van der Waals surface area contributed by atoms with E-state index in [0.29, 0.717) is 6.54 Å². The summed E-state index contributed by atoms with van der Waals surface area (Å²) >= 11 is 3.21. The number of benzene rings is 1. The van der Waals surface area contributed by atoms with Crippen molar-refractivity contribution >= 4 is 22.7 Å². The van der Waals surface area contributed by atoms with Crippen molar-refractivity contribution in [1.82, 2.24) is 4.98 Å². The Morgan fingerprint density at radius 2 is 1.95 bits per heavy atom. The summed E-state index contributed by atoms with van der Waals surface area (Å²) in [5, 5.41) is 2.91. The van der Waals surface area contributed by atoms with Gasteiger partial charge in [-0.2, -0.15) is 0 Å². The van der Waals surface area contributed by atoms with Crippen molar-refractivity contribution < 1.29 is 4.39 Å². The molecule has 0 saturated carbocycles. The third-order valence-corrected chi connectivity index (χ3v) is 4.71. The van der Waals surface area contributed by atoms with Gasteiger partial charge in [0.15, 0.2) is 0 Å². The number of nitrogens with two attached hydrogens (primary N) is 1. The lowest BCUT2D eigenvalue weighted by Gasteiger charge is -2.00. The van der Waals surface area contributed by atoms with Crippen LogP contribution in [0.15, 0.2) is 41.8 Å². The molecule has 0 atom stereocenters. The van der Waals surface area contributed by atoms with E-state index < -0.39 is 0 Å². The van der Waals surface area contributed by atoms with Crippen molar-refractivity contribution in [2.45, 2.75) is 6.54 Å². The summed E-state index contributed by atoms with van der Waals surface area (Å²) in [5.41, 5.74) is 7.59. The van der Waals surface area contributed by atoms with Crippen molar-refractivity contribution in [3.63, 3.8) is 0 Å². The van der Waals surface area contributed by atoms with Gasteiger partial charge in [0.2, 0.25) is 0 Å². The zero-order valence-corrected chi connectivity index (χ0v) is 11.6. The zero-order valence-electron chi connectivity index (χ0n) is 9.97. The molecule has 1 aromatic carbocycles. The molecule has 2 nitrogen and oxygen atoms in total. The Morgan fingerprint density at radius 1 is 1.16 bits per heavy atom. The summed E-state index contributed by atoms with van der Waals surface area (Å²) in [4.78, 5) is 6.73. The maximum Gasteiger partial charge on any atom is 0.123 e. The fourth-order valence-electron chi connectivity index (χ4n) is 1.83. The van der Waals surface area contributed by atoms with Crippen LogP contribution < -0.4 is 5.73 Å². The first-order valence-corrected chi connectivity index (χ1v) is 7.47. The standard InChI is InChI=1S/C14H11FN2S2/c15-10-5-3-9(4-6-10)14-13(11-2-1-7-18-11)17-12(8-16)19-14/h1-7H,8,16H2. The average Bonchev–Trinajstić information content (AvgIpc) is 3.08. The van der Waals surface area contributed by atoms with Crippen molar-refractivity contribution in [1.29, 1.82) is 0 Å². The number of rotatable bonds is 3. The molecule has 3 aromatic rings. The number of hydrogen-bond acceptors (Lipinski definition) is 4. The molecule has 3 rings (SSSR count). The molecule has 0 saturated heterocycles. The van der Waals surface area contributed by atoms with E-state index in [1.807, 2.05) is 17.5 Å². The number of thiophene rings is 1. The van der Waals surface area contributed by atoms with Crippen LogP contribution in [0, 0.1) is 5.82 Å². The zero-order chi connectivity index (χ0) is 13.2. The van der Waals surface area contributed by atoms with Gasteiger partial charge in [-0.15, -0.1) is 22.7 Å². The molecule has 2 heterocycles. The SMILES string of the molecule is NCc1nc(-c2cccs2)c(-c2ccc(F)cc2)s1. The molecule has 0 fully saturated rings. The minimum atomic E-state index is -0.231. The average molecular weight is 290 g/mol. The molecule has 19 heavy (non-hydrogen) atoms. The van der Waals surface area contributed by atoms with Crippen molar-refractivity contribution in [2.75, 3.05) is 0 Å². The summed E-state index contributed by atoms with van der Waals surface area (Å²) < 4.78 is 13.0. The second-order valence-electron chi connectivity index (χ2n) is 3.97. The number of hydrogen-bond donors (Lipinski definition) is 1. The van der Waals surface area contributed by atoms with Gasteiger partial charge in [-0.1, -0.05) is 18.2 Å². The van der Waals surface area contributed by atoms with Crippen LogP contribution in [-0.2, 0) is 6.54 Å². The Labute approximate surface area is 118 Å². The number of thiazole rings is 1. The summed E-state index contributed by atoms with van der Waals surface area (Å²) in [7, 11) is 0. The largest absolute Gasteiger partial charge is 0.325 e. The van der Waals surface area contributed by atoms with E-state index in [1.54, 1.807) is 34.8 Å². The second kappa shape index (κ2) is 5.21. The molecule has 96 valence electrons. The van der Waals surface area contributed by atoms with Crippen LogP contribution in [0.3, 0.4) is 0 Å². The molecule has 0 bridgehead atoms. The van der Waals surface area contributed by atoms with Crippen LogP contribution in [0.5, 0.6) is 0 Å². The smallest absolute Gasteiger partial charge is 0.123 e. The number of aromatic nitrogens is 1. The van der Waals surface area contributed by atoms with Gasteiger partial charge >= 0.3 is 0 Å². The summed E-state index contributed by atoms with van der Waals surface area (Å²) in [6, 6.07) is 10.5. The van der Waals surface area contributed by atoms with Crippen molar-refractivity contribution in [3.8, 4) is 21.0 Å². The third-order valence-electron chi connectivity index (χ3n) is 2.71. The first-order chi connectivity index (χ1) is 9.28. The lowest BCUT2D eigenvalue weighted by Crippen LogP contribution is -1.94. The van der Waals surface area contributed by atoms with Crippen LogP contribution in [0.4, 0.5) is 4.39 Å². The van der Waals surface area contributed by atoms with Gasteiger partial charge in [0, 0.05) is 6.54 Å². The highest BCUT2D eigenvalue weighted by Crippen LogP contribution is 2.38. The monoisotopic (exact) mass is 290 g/mol. The highest BCUT2D eigenvalue weighted by Gasteiger charge is 2.15. The van der Waals surface area contributed by atoms with Gasteiger partial charge in [0.05, 0.1) is 15.4 Å². The highest BCUT2D eigenvalue weighted by molar-refractivity contribution is 7.17. The quantitative estimate of drug-likeness (QED) is 0.787.